The number of rotatable bonds is 2. The third-order valence-electron chi connectivity index (χ3n) is 3.90. The molecule has 8 heteroatoms. The van der Waals surface area contributed by atoms with Gasteiger partial charge in [-0.15, -0.1) is 0 Å². The number of hydrogen-bond donors (Lipinski definition) is 0. The third kappa shape index (κ3) is 24.8. The molecule has 3 rings (SSSR count). The molecule has 2 nitrogen and oxygen atoms in total. The van der Waals surface area contributed by atoms with E-state index in [-0.39, 0.29) is 40.0 Å². The molecule has 0 aromatic heterocycles. The van der Waals surface area contributed by atoms with Crippen LogP contribution in [0, 0.1) is 47.6 Å². The minimum atomic E-state index is -1.67. The number of benzene rings is 3. The summed E-state index contributed by atoms with van der Waals surface area (Å²) in [7, 11) is 6.27. The van der Waals surface area contributed by atoms with E-state index in [1.165, 1.54) is 11.1 Å². The SMILES string of the molecule is CC.CC.CC.Cc1c[c-]cc(C)c1.Cc1cc(C)cc(S(=O)c2cc(C)cc(C)c2)c1.O=S(Cl)Cl.[Br-].[Mg+2]. The van der Waals surface area contributed by atoms with Crippen LogP contribution in [0.15, 0.2) is 64.4 Å². The zero-order chi connectivity index (χ0) is 28.8. The Labute approximate surface area is 274 Å². The van der Waals surface area contributed by atoms with Crippen molar-refractivity contribution in [1.29, 1.82) is 0 Å². The van der Waals surface area contributed by atoms with Crippen molar-refractivity contribution in [1.82, 2.24) is 0 Å². The fraction of sp³-hybridized carbons (Fsp3) is 0.400. The van der Waals surface area contributed by atoms with Crippen LogP contribution in [-0.4, -0.2) is 31.5 Å². The molecule has 0 amide bonds. The van der Waals surface area contributed by atoms with Gasteiger partial charge in [0.2, 0.25) is 9.23 Å². The van der Waals surface area contributed by atoms with Gasteiger partial charge >= 0.3 is 23.1 Å². The summed E-state index contributed by atoms with van der Waals surface area (Å²) >= 11 is 0. The first-order valence-electron chi connectivity index (χ1n) is 12.2. The maximum Gasteiger partial charge on any atom is 2.00 e. The summed E-state index contributed by atoms with van der Waals surface area (Å²) in [5.74, 6) is 0. The predicted octanol–water partition coefficient (Wildman–Crippen LogP) is 6.94. The van der Waals surface area contributed by atoms with E-state index < -0.39 is 20.0 Å². The first kappa shape index (κ1) is 47.6. The molecule has 0 spiro atoms. The van der Waals surface area contributed by atoms with Crippen LogP contribution in [0.4, 0.5) is 0 Å². The smallest absolute Gasteiger partial charge is 1.00 e. The molecule has 0 atom stereocenters. The number of hydrogen-bond acceptors (Lipinski definition) is 2. The molecule has 0 unspecified atom stereocenters. The molecule has 212 valence electrons. The van der Waals surface area contributed by atoms with Gasteiger partial charge in [-0.2, -0.15) is 35.4 Å². The molecule has 0 fully saturated rings. The van der Waals surface area contributed by atoms with Crippen molar-refractivity contribution in [3.8, 4) is 0 Å². The number of halogens is 3. The van der Waals surface area contributed by atoms with Crippen LogP contribution in [0.1, 0.15) is 74.9 Å². The Hall–Kier alpha value is -0.214. The molecule has 0 N–H and O–H groups in total. The van der Waals surface area contributed by atoms with Gasteiger partial charge in [0.05, 0.1) is 10.8 Å². The zero-order valence-electron chi connectivity index (χ0n) is 25.2. The molecule has 3 aromatic carbocycles. The largest absolute Gasteiger partial charge is 2.00 e. The van der Waals surface area contributed by atoms with Gasteiger partial charge in [-0.05, 0) is 74.2 Å². The van der Waals surface area contributed by atoms with Gasteiger partial charge in [0.1, 0.15) is 0 Å². The molecule has 0 aliphatic carbocycles. The normalized spacial score (nSPS) is 8.53. The Morgan fingerprint density at radius 2 is 0.737 bits per heavy atom. The summed E-state index contributed by atoms with van der Waals surface area (Å²) in [5, 5.41) is 0. The average Bonchev–Trinajstić information content (AvgIpc) is 2.81. The van der Waals surface area contributed by atoms with Crippen LogP contribution in [0.5, 0.6) is 0 Å². The van der Waals surface area contributed by atoms with Crippen molar-refractivity contribution < 1.29 is 25.4 Å². The molecule has 0 aliphatic heterocycles. The Bertz CT molecular complexity index is 933. The maximum absolute atomic E-state index is 12.6. The van der Waals surface area contributed by atoms with Crippen LogP contribution < -0.4 is 17.0 Å². The Morgan fingerprint density at radius 1 is 0.526 bits per heavy atom. The molecule has 3 aromatic rings. The summed E-state index contributed by atoms with van der Waals surface area (Å²) in [6.07, 6.45) is 0. The van der Waals surface area contributed by atoms with Crippen molar-refractivity contribution in [3.05, 3.63) is 94.0 Å². The van der Waals surface area contributed by atoms with E-state index in [9.17, 15) is 4.21 Å². The molecular weight excluding hydrogens is 632 g/mol. The summed E-state index contributed by atoms with van der Waals surface area (Å²) in [4.78, 5) is 1.77. The topological polar surface area (TPSA) is 34.1 Å². The number of aryl methyl sites for hydroxylation is 6. The van der Waals surface area contributed by atoms with E-state index in [1.54, 1.807) is 0 Å². The Kier molecular flexibility index (Phi) is 37.3. The van der Waals surface area contributed by atoms with E-state index in [4.69, 9.17) is 4.21 Å². The van der Waals surface area contributed by atoms with Crippen molar-refractivity contribution in [2.24, 2.45) is 0 Å². The van der Waals surface area contributed by atoms with Crippen LogP contribution in [0.2, 0.25) is 0 Å². The van der Waals surface area contributed by atoms with Crippen LogP contribution >= 0.6 is 21.4 Å². The standard InChI is InChI=1S/C16H18OS.C8H9.3C2H6.BrH.Cl2OS.Mg/c1-11-5-12(2)8-15(7-11)18(17)16-9-13(3)6-14(4)10-16;1-7-4-3-5-8(2)6-7;3*1-2;;1-4(2)3;/h5-10H,1-4H3;4-6H,1-2H3;3*1-2H3;1H;;/q;-1;;;;;;+2/p-1. The maximum atomic E-state index is 12.6. The Balaban J connectivity index is -0.000000153. The van der Waals surface area contributed by atoms with Gasteiger partial charge < -0.3 is 17.0 Å². The van der Waals surface area contributed by atoms with Crippen LogP contribution in [0.25, 0.3) is 0 Å². The molecule has 0 aliphatic rings. The average molecular weight is 677 g/mol. The second kappa shape index (κ2) is 29.8. The third-order valence-corrected chi connectivity index (χ3v) is 5.22. The van der Waals surface area contributed by atoms with Crippen molar-refractivity contribution >= 4 is 64.4 Å². The molecule has 0 heterocycles. The van der Waals surface area contributed by atoms with E-state index in [0.29, 0.717) is 0 Å². The van der Waals surface area contributed by atoms with E-state index in [2.05, 4.69) is 59.5 Å². The summed E-state index contributed by atoms with van der Waals surface area (Å²) in [6.45, 7) is 24.3. The van der Waals surface area contributed by atoms with Crippen LogP contribution in [-0.2, 0) is 20.0 Å². The first-order valence-corrected chi connectivity index (χ1v) is 16.2. The summed E-state index contributed by atoms with van der Waals surface area (Å²) < 4.78 is 21.7. The first-order chi connectivity index (χ1) is 17.0. The minimum absolute atomic E-state index is 0. The fourth-order valence-electron chi connectivity index (χ4n) is 2.96. The molecule has 0 bridgehead atoms. The molecule has 0 saturated carbocycles. The summed E-state index contributed by atoms with van der Waals surface area (Å²) in [5.41, 5.74) is 7.19. The predicted molar refractivity (Wildman–Crippen MR) is 171 cm³/mol. The van der Waals surface area contributed by atoms with E-state index in [0.717, 1.165) is 32.0 Å². The Morgan fingerprint density at radius 3 is 0.921 bits per heavy atom. The van der Waals surface area contributed by atoms with E-state index >= 15 is 0 Å². The van der Waals surface area contributed by atoms with Gasteiger partial charge in [0, 0.05) is 31.2 Å². The van der Waals surface area contributed by atoms with Crippen molar-refractivity contribution in [2.45, 2.75) is 92.9 Å². The van der Waals surface area contributed by atoms with Gasteiger partial charge in [-0.3, -0.25) is 0 Å². The molecule has 38 heavy (non-hydrogen) atoms. The quantitative estimate of drug-likeness (QED) is 0.168. The zero-order valence-corrected chi connectivity index (χ0v) is 31.3. The van der Waals surface area contributed by atoms with Gasteiger partial charge in [0.15, 0.2) is 0 Å². The summed E-state index contributed by atoms with van der Waals surface area (Å²) in [6, 6.07) is 21.3. The van der Waals surface area contributed by atoms with Crippen LogP contribution in [0.3, 0.4) is 0 Å². The second-order valence-electron chi connectivity index (χ2n) is 7.19. The second-order valence-corrected chi connectivity index (χ2v) is 11.2. The van der Waals surface area contributed by atoms with Gasteiger partial charge in [0.25, 0.3) is 0 Å². The van der Waals surface area contributed by atoms with Crippen molar-refractivity contribution in [2.75, 3.05) is 0 Å². The molecule has 0 radical (unpaired) electrons. The van der Waals surface area contributed by atoms with E-state index in [1.807, 2.05) is 106 Å². The fourth-order valence-corrected chi connectivity index (χ4v) is 4.41. The van der Waals surface area contributed by atoms with Gasteiger partial charge in [-0.1, -0.05) is 67.5 Å². The monoisotopic (exact) mass is 674 g/mol. The minimum Gasteiger partial charge on any atom is -1.00 e. The molecule has 0 saturated heterocycles. The molecular formula is C30H45BrCl2MgO2S2. The van der Waals surface area contributed by atoms with Crippen molar-refractivity contribution in [3.63, 3.8) is 0 Å². The van der Waals surface area contributed by atoms with Gasteiger partial charge in [-0.25, -0.2) is 8.42 Å².